The van der Waals surface area contributed by atoms with Gasteiger partial charge in [-0.05, 0) is 49.4 Å². The zero-order chi connectivity index (χ0) is 14.5. The van der Waals surface area contributed by atoms with Crippen molar-refractivity contribution in [1.82, 2.24) is 5.32 Å². The lowest BCUT2D eigenvalue weighted by Gasteiger charge is -2.22. The van der Waals surface area contributed by atoms with Gasteiger partial charge in [0.1, 0.15) is 0 Å². The highest BCUT2D eigenvalue weighted by molar-refractivity contribution is 5.29. The lowest BCUT2D eigenvalue weighted by Crippen LogP contribution is -2.23. The van der Waals surface area contributed by atoms with Crippen molar-refractivity contribution < 1.29 is 0 Å². The van der Waals surface area contributed by atoms with E-state index in [1.165, 1.54) is 22.3 Å². The summed E-state index contributed by atoms with van der Waals surface area (Å²) in [6.07, 6.45) is 1.10. The van der Waals surface area contributed by atoms with E-state index in [4.69, 9.17) is 0 Å². The SMILES string of the molecule is CCc1ccc(C(C)NC(C)c2ccccc2C)cc1. The first-order valence-electron chi connectivity index (χ1n) is 7.52. The maximum atomic E-state index is 3.69. The van der Waals surface area contributed by atoms with Gasteiger partial charge in [-0.2, -0.15) is 0 Å². The van der Waals surface area contributed by atoms with Crippen LogP contribution in [-0.4, -0.2) is 0 Å². The molecule has 0 spiro atoms. The molecule has 2 rings (SSSR count). The topological polar surface area (TPSA) is 12.0 Å². The van der Waals surface area contributed by atoms with E-state index in [2.05, 4.69) is 81.5 Å². The number of hydrogen-bond donors (Lipinski definition) is 1. The van der Waals surface area contributed by atoms with Gasteiger partial charge in [0.2, 0.25) is 0 Å². The summed E-state index contributed by atoms with van der Waals surface area (Å²) in [5, 5.41) is 3.69. The number of benzene rings is 2. The Morgan fingerprint density at radius 2 is 1.55 bits per heavy atom. The lowest BCUT2D eigenvalue weighted by molar-refractivity contribution is 0.493. The van der Waals surface area contributed by atoms with Crippen molar-refractivity contribution in [1.29, 1.82) is 0 Å². The van der Waals surface area contributed by atoms with Crippen molar-refractivity contribution in [3.63, 3.8) is 0 Å². The van der Waals surface area contributed by atoms with Crippen molar-refractivity contribution in [2.24, 2.45) is 0 Å². The average molecular weight is 267 g/mol. The van der Waals surface area contributed by atoms with Crippen molar-refractivity contribution >= 4 is 0 Å². The predicted octanol–water partition coefficient (Wildman–Crippen LogP) is 4.97. The molecule has 20 heavy (non-hydrogen) atoms. The molecule has 106 valence electrons. The molecule has 1 N–H and O–H groups in total. The molecule has 0 fully saturated rings. The van der Waals surface area contributed by atoms with Gasteiger partial charge in [0.05, 0.1) is 0 Å². The van der Waals surface area contributed by atoms with Gasteiger partial charge in [0.15, 0.2) is 0 Å². The molecule has 0 aliphatic rings. The Hall–Kier alpha value is -1.60. The molecule has 0 aliphatic heterocycles. The zero-order valence-corrected chi connectivity index (χ0v) is 13.0. The second kappa shape index (κ2) is 6.71. The van der Waals surface area contributed by atoms with Gasteiger partial charge in [0, 0.05) is 12.1 Å². The number of rotatable bonds is 5. The van der Waals surface area contributed by atoms with Crippen LogP contribution in [0.25, 0.3) is 0 Å². The fourth-order valence-corrected chi connectivity index (χ4v) is 2.68. The van der Waals surface area contributed by atoms with Crippen LogP contribution in [0.4, 0.5) is 0 Å². The maximum absolute atomic E-state index is 3.69. The van der Waals surface area contributed by atoms with Crippen LogP contribution in [0, 0.1) is 6.92 Å². The number of aryl methyl sites for hydroxylation is 2. The molecule has 2 aromatic rings. The molecular formula is C19H25N. The molecule has 0 amide bonds. The third-order valence-electron chi connectivity index (χ3n) is 4.04. The standard InChI is InChI=1S/C19H25N/c1-5-17-10-12-18(13-11-17)15(3)20-16(4)19-9-7-6-8-14(19)2/h6-13,15-16,20H,5H2,1-4H3. The highest BCUT2D eigenvalue weighted by Crippen LogP contribution is 2.22. The average Bonchev–Trinajstić information content (AvgIpc) is 2.47. The summed E-state index contributed by atoms with van der Waals surface area (Å²) in [5.74, 6) is 0. The molecule has 0 heterocycles. The van der Waals surface area contributed by atoms with Gasteiger partial charge >= 0.3 is 0 Å². The molecule has 1 heteroatoms. The summed E-state index contributed by atoms with van der Waals surface area (Å²) in [4.78, 5) is 0. The highest BCUT2D eigenvalue weighted by atomic mass is 14.9. The molecular weight excluding hydrogens is 242 g/mol. The first kappa shape index (κ1) is 14.8. The van der Waals surface area contributed by atoms with E-state index in [0.29, 0.717) is 12.1 Å². The summed E-state index contributed by atoms with van der Waals surface area (Å²) in [6, 6.07) is 18.2. The monoisotopic (exact) mass is 267 g/mol. The third-order valence-corrected chi connectivity index (χ3v) is 4.04. The Kier molecular flexibility index (Phi) is 4.97. The first-order valence-corrected chi connectivity index (χ1v) is 7.52. The summed E-state index contributed by atoms with van der Waals surface area (Å²) >= 11 is 0. The molecule has 0 aromatic heterocycles. The van der Waals surface area contributed by atoms with E-state index in [-0.39, 0.29) is 0 Å². The van der Waals surface area contributed by atoms with Crippen LogP contribution in [0.3, 0.4) is 0 Å². The zero-order valence-electron chi connectivity index (χ0n) is 13.0. The van der Waals surface area contributed by atoms with E-state index in [1.54, 1.807) is 0 Å². The third kappa shape index (κ3) is 3.49. The molecule has 2 atom stereocenters. The molecule has 0 bridgehead atoms. The van der Waals surface area contributed by atoms with Crippen LogP contribution in [0.15, 0.2) is 48.5 Å². The Bertz CT molecular complexity index is 542. The van der Waals surface area contributed by atoms with Crippen molar-refractivity contribution in [3.05, 3.63) is 70.8 Å². The van der Waals surface area contributed by atoms with Gasteiger partial charge in [0.25, 0.3) is 0 Å². The van der Waals surface area contributed by atoms with E-state index < -0.39 is 0 Å². The van der Waals surface area contributed by atoms with Crippen LogP contribution in [0.5, 0.6) is 0 Å². The van der Waals surface area contributed by atoms with Crippen molar-refractivity contribution in [2.75, 3.05) is 0 Å². The quantitative estimate of drug-likeness (QED) is 0.806. The first-order chi connectivity index (χ1) is 9.61. The van der Waals surface area contributed by atoms with Crippen LogP contribution in [0.1, 0.15) is 55.1 Å². The van der Waals surface area contributed by atoms with E-state index in [9.17, 15) is 0 Å². The Labute approximate surface area is 123 Å². The van der Waals surface area contributed by atoms with E-state index in [1.807, 2.05) is 0 Å². The molecule has 0 radical (unpaired) electrons. The smallest absolute Gasteiger partial charge is 0.0300 e. The highest BCUT2D eigenvalue weighted by Gasteiger charge is 2.12. The summed E-state index contributed by atoms with van der Waals surface area (Å²) in [7, 11) is 0. The van der Waals surface area contributed by atoms with Crippen LogP contribution >= 0.6 is 0 Å². The maximum Gasteiger partial charge on any atom is 0.0300 e. The fraction of sp³-hybridized carbons (Fsp3) is 0.368. The number of hydrogen-bond acceptors (Lipinski definition) is 1. The molecule has 0 aliphatic carbocycles. The minimum absolute atomic E-state index is 0.357. The summed E-state index contributed by atoms with van der Waals surface area (Å²) < 4.78 is 0. The van der Waals surface area contributed by atoms with Gasteiger partial charge in [-0.1, -0.05) is 55.5 Å². The second-order valence-electron chi connectivity index (χ2n) is 5.56. The molecule has 2 unspecified atom stereocenters. The molecule has 1 nitrogen and oxygen atoms in total. The molecule has 0 saturated heterocycles. The van der Waals surface area contributed by atoms with Gasteiger partial charge in [-0.15, -0.1) is 0 Å². The van der Waals surface area contributed by atoms with Gasteiger partial charge < -0.3 is 5.32 Å². The minimum Gasteiger partial charge on any atom is -0.304 e. The Morgan fingerprint density at radius 3 is 2.15 bits per heavy atom. The minimum atomic E-state index is 0.357. The van der Waals surface area contributed by atoms with Crippen LogP contribution in [-0.2, 0) is 6.42 Å². The van der Waals surface area contributed by atoms with Crippen LogP contribution < -0.4 is 5.32 Å². The fourth-order valence-electron chi connectivity index (χ4n) is 2.68. The Balaban J connectivity index is 2.06. The predicted molar refractivity (Wildman–Crippen MR) is 87.0 cm³/mol. The van der Waals surface area contributed by atoms with Crippen molar-refractivity contribution in [2.45, 2.75) is 46.2 Å². The largest absolute Gasteiger partial charge is 0.304 e. The van der Waals surface area contributed by atoms with E-state index in [0.717, 1.165) is 6.42 Å². The normalized spacial score (nSPS) is 14.0. The lowest BCUT2D eigenvalue weighted by atomic mass is 10.00. The van der Waals surface area contributed by atoms with Crippen molar-refractivity contribution in [3.8, 4) is 0 Å². The summed E-state index contributed by atoms with van der Waals surface area (Å²) in [5.41, 5.74) is 5.47. The molecule has 0 saturated carbocycles. The Morgan fingerprint density at radius 1 is 0.900 bits per heavy atom. The van der Waals surface area contributed by atoms with Crippen LogP contribution in [0.2, 0.25) is 0 Å². The second-order valence-corrected chi connectivity index (χ2v) is 5.56. The molecule has 2 aromatic carbocycles. The summed E-state index contributed by atoms with van der Waals surface area (Å²) in [6.45, 7) is 8.83. The van der Waals surface area contributed by atoms with Gasteiger partial charge in [-0.25, -0.2) is 0 Å². The van der Waals surface area contributed by atoms with E-state index >= 15 is 0 Å². The number of nitrogens with one attached hydrogen (secondary N) is 1. The van der Waals surface area contributed by atoms with Gasteiger partial charge in [-0.3, -0.25) is 0 Å².